The summed E-state index contributed by atoms with van der Waals surface area (Å²) in [6.07, 6.45) is 0.309. The first kappa shape index (κ1) is 19.3. The van der Waals surface area contributed by atoms with Gasteiger partial charge in [0.25, 0.3) is 0 Å². The molecule has 2 aromatic carbocycles. The van der Waals surface area contributed by atoms with Crippen LogP contribution < -0.4 is 19.5 Å². The highest BCUT2D eigenvalue weighted by Gasteiger charge is 2.14. The third-order valence-corrected chi connectivity index (χ3v) is 3.89. The quantitative estimate of drug-likeness (QED) is 0.699. The van der Waals surface area contributed by atoms with Gasteiger partial charge in [-0.25, -0.2) is 0 Å². The van der Waals surface area contributed by atoms with E-state index in [1.54, 1.807) is 36.4 Å². The second-order valence-corrected chi connectivity index (χ2v) is 5.60. The fraction of sp³-hybridized carbons (Fsp3) is 0.300. The summed E-state index contributed by atoms with van der Waals surface area (Å²) in [5.74, 6) is 1.31. The van der Waals surface area contributed by atoms with Gasteiger partial charge < -0.3 is 19.5 Å². The van der Waals surface area contributed by atoms with E-state index in [-0.39, 0.29) is 24.5 Å². The molecule has 0 unspecified atom stereocenters. The number of amides is 1. The average Bonchev–Trinajstić information content (AvgIpc) is 2.69. The minimum Gasteiger partial charge on any atom is -0.493 e. The lowest BCUT2D eigenvalue weighted by atomic mass is 10.1. The van der Waals surface area contributed by atoms with Crippen molar-refractivity contribution >= 4 is 11.7 Å². The average molecular weight is 357 g/mol. The first-order valence-electron chi connectivity index (χ1n) is 8.22. The van der Waals surface area contributed by atoms with Gasteiger partial charge in [0, 0.05) is 24.9 Å². The van der Waals surface area contributed by atoms with Gasteiger partial charge in [0.2, 0.25) is 11.7 Å². The lowest BCUT2D eigenvalue weighted by Gasteiger charge is -2.14. The molecule has 0 aliphatic heterocycles. The van der Waals surface area contributed by atoms with Gasteiger partial charge in [-0.2, -0.15) is 0 Å². The summed E-state index contributed by atoms with van der Waals surface area (Å²) in [5.41, 5.74) is 1.42. The Hall–Kier alpha value is -3.02. The standard InChI is InChI=1S/C20H23NO5/c1-24-17-11-14(12-18(25-2)20(17)26-3)13-21-19(23)10-9-16(22)15-7-5-4-6-8-15/h4-8,11-12H,9-10,13H2,1-3H3,(H,21,23). The third kappa shape index (κ3) is 4.99. The van der Waals surface area contributed by atoms with Crippen molar-refractivity contribution in [2.45, 2.75) is 19.4 Å². The summed E-state index contributed by atoms with van der Waals surface area (Å²) >= 11 is 0. The van der Waals surface area contributed by atoms with Crippen molar-refractivity contribution in [1.29, 1.82) is 0 Å². The second kappa shape index (κ2) is 9.46. The van der Waals surface area contributed by atoms with Crippen LogP contribution in [0.25, 0.3) is 0 Å². The lowest BCUT2D eigenvalue weighted by molar-refractivity contribution is -0.121. The summed E-state index contributed by atoms with van der Waals surface area (Å²) in [4.78, 5) is 24.1. The molecule has 1 amide bonds. The lowest BCUT2D eigenvalue weighted by Crippen LogP contribution is -2.23. The Balaban J connectivity index is 1.92. The van der Waals surface area contributed by atoms with Crippen LogP contribution in [0.15, 0.2) is 42.5 Å². The minimum atomic E-state index is -0.192. The molecule has 0 atom stereocenters. The summed E-state index contributed by atoms with van der Waals surface area (Å²) in [6.45, 7) is 0.301. The molecule has 26 heavy (non-hydrogen) atoms. The Morgan fingerprint density at radius 3 is 2.04 bits per heavy atom. The number of ether oxygens (including phenoxy) is 3. The monoisotopic (exact) mass is 357 g/mol. The van der Waals surface area contributed by atoms with Crippen LogP contribution in [0, 0.1) is 0 Å². The summed E-state index contributed by atoms with van der Waals surface area (Å²) in [6, 6.07) is 12.5. The maximum atomic E-state index is 12.0. The van der Waals surface area contributed by atoms with Crippen molar-refractivity contribution in [2.24, 2.45) is 0 Å². The maximum absolute atomic E-state index is 12.0. The fourth-order valence-electron chi connectivity index (χ4n) is 2.52. The van der Waals surface area contributed by atoms with E-state index in [1.165, 1.54) is 21.3 Å². The molecule has 0 aromatic heterocycles. The molecular weight excluding hydrogens is 334 g/mol. The number of hydrogen-bond donors (Lipinski definition) is 1. The van der Waals surface area contributed by atoms with Crippen molar-refractivity contribution in [3.05, 3.63) is 53.6 Å². The molecule has 0 saturated carbocycles. The van der Waals surface area contributed by atoms with Gasteiger partial charge in [-0.1, -0.05) is 30.3 Å². The highest BCUT2D eigenvalue weighted by molar-refractivity contribution is 5.97. The Morgan fingerprint density at radius 2 is 1.50 bits per heavy atom. The molecule has 0 aliphatic rings. The van der Waals surface area contributed by atoms with Crippen molar-refractivity contribution in [3.8, 4) is 17.2 Å². The number of hydrogen-bond acceptors (Lipinski definition) is 5. The topological polar surface area (TPSA) is 73.9 Å². The molecule has 6 nitrogen and oxygen atoms in total. The first-order chi connectivity index (χ1) is 12.6. The molecule has 0 spiro atoms. The molecule has 0 fully saturated rings. The third-order valence-electron chi connectivity index (χ3n) is 3.89. The first-order valence-corrected chi connectivity index (χ1v) is 8.22. The van der Waals surface area contributed by atoms with Crippen LogP contribution in [-0.4, -0.2) is 33.0 Å². The number of nitrogens with one attached hydrogen (secondary N) is 1. The molecule has 0 saturated heterocycles. The largest absolute Gasteiger partial charge is 0.493 e. The van der Waals surface area contributed by atoms with Crippen molar-refractivity contribution in [3.63, 3.8) is 0 Å². The highest BCUT2D eigenvalue weighted by Crippen LogP contribution is 2.38. The SMILES string of the molecule is COc1cc(CNC(=O)CCC(=O)c2ccccc2)cc(OC)c1OC. The zero-order chi connectivity index (χ0) is 18.9. The minimum absolute atomic E-state index is 0.0477. The molecule has 0 aliphatic carbocycles. The number of carbonyl (C=O) groups excluding carboxylic acids is 2. The molecule has 1 N–H and O–H groups in total. The van der Waals surface area contributed by atoms with Crippen LogP contribution in [0.2, 0.25) is 0 Å². The van der Waals surface area contributed by atoms with E-state index >= 15 is 0 Å². The van der Waals surface area contributed by atoms with Gasteiger partial charge in [0.05, 0.1) is 21.3 Å². The normalized spacial score (nSPS) is 10.1. The molecule has 2 rings (SSSR count). The highest BCUT2D eigenvalue weighted by atomic mass is 16.5. The Bertz CT molecular complexity index is 733. The van der Waals surface area contributed by atoms with Crippen molar-refractivity contribution in [2.75, 3.05) is 21.3 Å². The van der Waals surface area contributed by atoms with Crippen LogP contribution in [0.5, 0.6) is 17.2 Å². The van der Waals surface area contributed by atoms with E-state index in [2.05, 4.69) is 5.32 Å². The van der Waals surface area contributed by atoms with Gasteiger partial charge in [-0.3, -0.25) is 9.59 Å². The maximum Gasteiger partial charge on any atom is 0.220 e. The summed E-state index contributed by atoms with van der Waals surface area (Å²) < 4.78 is 15.9. The summed E-state index contributed by atoms with van der Waals surface area (Å²) in [5, 5.41) is 2.80. The van der Waals surface area contributed by atoms with Crippen LogP contribution >= 0.6 is 0 Å². The molecule has 0 heterocycles. The molecule has 6 heteroatoms. The second-order valence-electron chi connectivity index (χ2n) is 5.60. The van der Waals surface area contributed by atoms with E-state index < -0.39 is 0 Å². The van der Waals surface area contributed by atoms with Crippen LogP contribution in [0.1, 0.15) is 28.8 Å². The molecule has 2 aromatic rings. The molecule has 0 bridgehead atoms. The number of carbonyl (C=O) groups is 2. The molecular formula is C20H23NO5. The van der Waals surface area contributed by atoms with Gasteiger partial charge in [-0.15, -0.1) is 0 Å². The van der Waals surface area contributed by atoms with Crippen LogP contribution in [0.3, 0.4) is 0 Å². The zero-order valence-electron chi connectivity index (χ0n) is 15.2. The fourth-order valence-corrected chi connectivity index (χ4v) is 2.52. The van der Waals surface area contributed by atoms with Gasteiger partial charge in [0.1, 0.15) is 0 Å². The molecule has 0 radical (unpaired) electrons. The number of Topliss-reactive ketones (excluding diaryl/α,β-unsaturated/α-hetero) is 1. The number of ketones is 1. The number of benzene rings is 2. The van der Waals surface area contributed by atoms with E-state index in [4.69, 9.17) is 14.2 Å². The van der Waals surface area contributed by atoms with Crippen molar-refractivity contribution < 1.29 is 23.8 Å². The zero-order valence-corrected chi connectivity index (χ0v) is 15.2. The van der Waals surface area contributed by atoms with E-state index in [9.17, 15) is 9.59 Å². The predicted octanol–water partition coefficient (Wildman–Crippen LogP) is 2.99. The number of methoxy groups -OCH3 is 3. The Morgan fingerprint density at radius 1 is 0.885 bits per heavy atom. The van der Waals surface area contributed by atoms with E-state index in [0.717, 1.165) is 5.56 Å². The Labute approximate surface area is 153 Å². The van der Waals surface area contributed by atoms with E-state index in [0.29, 0.717) is 29.4 Å². The Kier molecular flexibility index (Phi) is 7.02. The number of rotatable bonds is 9. The van der Waals surface area contributed by atoms with Crippen LogP contribution in [-0.2, 0) is 11.3 Å². The van der Waals surface area contributed by atoms with Crippen molar-refractivity contribution in [1.82, 2.24) is 5.32 Å². The van der Waals surface area contributed by atoms with E-state index in [1.807, 2.05) is 6.07 Å². The van der Waals surface area contributed by atoms with Crippen LogP contribution in [0.4, 0.5) is 0 Å². The molecule has 138 valence electrons. The summed E-state index contributed by atoms with van der Waals surface area (Å²) in [7, 11) is 4.61. The smallest absolute Gasteiger partial charge is 0.220 e. The van der Waals surface area contributed by atoms with Gasteiger partial charge >= 0.3 is 0 Å². The van der Waals surface area contributed by atoms with Gasteiger partial charge in [0.15, 0.2) is 17.3 Å². The van der Waals surface area contributed by atoms with Gasteiger partial charge in [-0.05, 0) is 17.7 Å². The predicted molar refractivity (Wildman–Crippen MR) is 98.0 cm³/mol.